The van der Waals surface area contributed by atoms with Crippen molar-refractivity contribution in [1.29, 1.82) is 0 Å². The van der Waals surface area contributed by atoms with Crippen LogP contribution in [0, 0.1) is 50.2 Å². The summed E-state index contributed by atoms with van der Waals surface area (Å²) >= 11 is 0. The van der Waals surface area contributed by atoms with Crippen molar-refractivity contribution in [3.05, 3.63) is 179 Å². The molecule has 33 heteroatoms. The van der Waals surface area contributed by atoms with Crippen molar-refractivity contribution in [3.8, 4) is 0 Å². The number of carbonyl (C=O) groups excluding carboxylic acids is 6. The summed E-state index contributed by atoms with van der Waals surface area (Å²) in [6.07, 6.45) is -11.4. The molecule has 6 N–H and O–H groups in total. The molecule has 6 saturated carbocycles. The van der Waals surface area contributed by atoms with Crippen LogP contribution in [0.1, 0.15) is 235 Å². The molecule has 9 aliphatic carbocycles. The van der Waals surface area contributed by atoms with Gasteiger partial charge in [0.25, 0.3) is 0 Å². The largest absolute Gasteiger partial charge is 0.455 e. The standard InChI is InChI=1S/C40H60O10Si2.C39H56O10Si.C33H42O10/c1-11-30-45-32-31-24(6)27(49-51-12-2)22-40(43,37(31,8)9)35(47-36(42)26-19-17-16-18-20-26)33-38(10,34(32)46-30)28(50-52(13-3,14-4)15-5)21-29-39(33,23-44-29)48-25(7)41;1-10-28(41)48-38-22-44-27(38)20-26(49-50(12-3,13-4)14-5)37(9)32(38)34(47-35(42)24-18-16-15-17-19-24)39(43)21-25(40)23(6)30(36(39,7)8)31-33(37)46-29(11-2)45-31;1-7-22(36)43-32-16-39-21(32)14-20(35)31(6)26(32)28(42-29(37)18-12-10-9-11-13-18)33(38)15-19(34)17(3)24(30(33,4)5)25-27(31)41-23(8-2)40-25/h11,16-20,27-30,32-35,43H,1,12-15,21-23,51H2,2-10H3;11,15-19,25-27,29,31-34,40,43H,2,10,12-14,20-22H2,1,3-9H3;8-13,19-21,23,25-28,34-35,38H,2,7,14-16H2,1,3-6H3/t27?,28?,29?,30?,32?,33?,34?,35?,38-,39?,40?;25?,26?,27?,29?,31?,32?,33?,34?,37-,38?,39?;19-,20-,21+,23?,25+,26-,27+,28-,31+,32-,33+/m110/s1. The molecule has 33 atom stereocenters. The van der Waals surface area contributed by atoms with Gasteiger partial charge in [-0.3, -0.25) is 14.4 Å². The van der Waals surface area contributed by atoms with E-state index < -0.39 is 275 Å². The van der Waals surface area contributed by atoms with Crippen molar-refractivity contribution in [3.63, 3.8) is 0 Å². The molecule has 21 unspecified atom stereocenters. The summed E-state index contributed by atoms with van der Waals surface area (Å²) in [7, 11) is -5.57. The van der Waals surface area contributed by atoms with Crippen molar-refractivity contribution in [2.45, 2.75) is 408 Å². The van der Waals surface area contributed by atoms with Crippen LogP contribution in [0.2, 0.25) is 42.3 Å². The highest BCUT2D eigenvalue weighted by Gasteiger charge is 2.84. The highest BCUT2D eigenvalue weighted by Crippen LogP contribution is 2.73. The molecule has 6 heterocycles. The van der Waals surface area contributed by atoms with E-state index in [4.69, 9.17) is 84.3 Å². The third-order valence-corrected chi connectivity index (χ3v) is 48.6. The molecule has 0 aromatic heterocycles. The maximum Gasteiger partial charge on any atom is 0.338 e. The van der Waals surface area contributed by atoms with Gasteiger partial charge in [0.1, 0.15) is 71.7 Å². The third kappa shape index (κ3) is 17.2. The minimum absolute atomic E-state index is 0.0281. The maximum absolute atomic E-state index is 14.4. The van der Waals surface area contributed by atoms with E-state index in [1.165, 1.54) is 13.0 Å². The Morgan fingerprint density at radius 3 is 1.02 bits per heavy atom. The van der Waals surface area contributed by atoms with Crippen LogP contribution in [-0.2, 0) is 98.7 Å². The molecule has 0 amide bonds. The number of aliphatic hydroxyl groups is 6. The summed E-state index contributed by atoms with van der Waals surface area (Å²) in [5.74, 6) is -6.06. The Balaban J connectivity index is 0.000000156. The number of ether oxygens (including phenoxy) is 15. The van der Waals surface area contributed by atoms with Gasteiger partial charge < -0.3 is 115 Å². The Labute approximate surface area is 858 Å². The summed E-state index contributed by atoms with van der Waals surface area (Å²) < 4.78 is 120. The van der Waals surface area contributed by atoms with E-state index in [0.29, 0.717) is 46.3 Å². The van der Waals surface area contributed by atoms with Gasteiger partial charge in [-0.05, 0) is 151 Å². The predicted octanol–water partition coefficient (Wildman–Crippen LogP) is 14.7. The van der Waals surface area contributed by atoms with Crippen LogP contribution in [0.15, 0.2) is 162 Å². The Morgan fingerprint density at radius 2 is 0.724 bits per heavy atom. The number of aliphatic hydroxyl groups excluding tert-OH is 3. The lowest BCUT2D eigenvalue weighted by atomic mass is 9.44. The topological polar surface area (TPSA) is 390 Å². The first-order valence-corrected chi connectivity index (χ1v) is 59.5. The van der Waals surface area contributed by atoms with Crippen LogP contribution >= 0.6 is 0 Å². The highest BCUT2D eigenvalue weighted by atomic mass is 28.4. The Morgan fingerprint density at radius 1 is 0.421 bits per heavy atom. The third-order valence-electron chi connectivity index (χ3n) is 38.2. The van der Waals surface area contributed by atoms with Crippen LogP contribution in [0.3, 0.4) is 0 Å². The number of carbonyl (C=O) groups is 6. The van der Waals surface area contributed by atoms with E-state index in [9.17, 15) is 59.4 Å². The van der Waals surface area contributed by atoms with Crippen molar-refractivity contribution >= 4 is 62.2 Å². The molecule has 6 bridgehead atoms. The molecule has 798 valence electrons. The molecular weight excluding hydrogens is 1910 g/mol. The molecule has 0 spiro atoms. The van der Waals surface area contributed by atoms with Crippen LogP contribution in [0.5, 0.6) is 0 Å². The molecule has 6 saturated heterocycles. The molecule has 30 nitrogen and oxygen atoms in total. The van der Waals surface area contributed by atoms with Crippen LogP contribution in [-0.4, -0.2) is 275 Å². The van der Waals surface area contributed by atoms with Crippen LogP contribution in [0.25, 0.3) is 0 Å². The molecule has 145 heavy (non-hydrogen) atoms. The summed E-state index contributed by atoms with van der Waals surface area (Å²) in [5.41, 5.74) is -10.6. The summed E-state index contributed by atoms with van der Waals surface area (Å²) in [6.45, 7) is 55.3. The second-order valence-electron chi connectivity index (χ2n) is 45.6. The monoisotopic (exact) mass is 2070 g/mol. The number of fused-ring (bicyclic) bond motifs is 24. The summed E-state index contributed by atoms with van der Waals surface area (Å²) in [4.78, 5) is 82.3. The zero-order valence-corrected chi connectivity index (χ0v) is 92.2. The fourth-order valence-corrected chi connectivity index (χ4v) is 36.0. The quantitative estimate of drug-likeness (QED) is 0.0179. The Kier molecular flexibility index (Phi) is 31.1. The molecule has 15 aliphatic rings. The van der Waals surface area contributed by atoms with Crippen LogP contribution in [0.4, 0.5) is 0 Å². The fraction of sp³-hybridized carbons (Fsp3) is 0.679. The Hall–Kier alpha value is -7.15. The zero-order valence-electron chi connectivity index (χ0n) is 88.8. The number of hydrogen-bond acceptors (Lipinski definition) is 30. The van der Waals surface area contributed by atoms with E-state index in [0.717, 1.165) is 53.5 Å². The predicted molar refractivity (Wildman–Crippen MR) is 543 cm³/mol. The van der Waals surface area contributed by atoms with E-state index in [-0.39, 0.29) is 63.9 Å². The fourth-order valence-electron chi connectivity index (χ4n) is 29.2. The van der Waals surface area contributed by atoms with Crippen molar-refractivity contribution < 1.29 is 144 Å². The van der Waals surface area contributed by atoms with Gasteiger partial charge in [0.05, 0.1) is 109 Å². The van der Waals surface area contributed by atoms with Gasteiger partial charge in [-0.2, -0.15) is 0 Å². The van der Waals surface area contributed by atoms with Gasteiger partial charge in [0.15, 0.2) is 62.1 Å². The lowest BCUT2D eigenvalue weighted by molar-refractivity contribution is -0.362. The number of hydrogen-bond donors (Lipinski definition) is 6. The molecule has 0 radical (unpaired) electrons. The smallest absolute Gasteiger partial charge is 0.338 e. The van der Waals surface area contributed by atoms with Gasteiger partial charge in [-0.1, -0.05) is 199 Å². The second kappa shape index (κ2) is 40.8. The van der Waals surface area contributed by atoms with E-state index >= 15 is 0 Å². The van der Waals surface area contributed by atoms with E-state index in [2.05, 4.69) is 89.0 Å². The second-order valence-corrected chi connectivity index (χ2v) is 56.8. The van der Waals surface area contributed by atoms with E-state index in [1.807, 2.05) is 67.5 Å². The number of esters is 6. The van der Waals surface area contributed by atoms with Gasteiger partial charge in [0, 0.05) is 90.8 Å². The molecule has 12 fully saturated rings. The first-order chi connectivity index (χ1) is 68.5. The first-order valence-electron chi connectivity index (χ1n) is 52.9. The SMILES string of the molecule is C=CC1OC2C3=C(C)C(O)CC(O)(C(OC(=O)c4ccccc4)C4C5(OC(=O)CC)COC5CC(O[Si](CC)(CC)CC)[C@@]4(C)C2O1)C3(C)C.C=CC1OC2C3=C(C)C(O[SiH2]CC)CC(O)(C(OC(=O)c4ccccc4)C4C5(OC(C)=O)COC5CC(O[Si](CC)(CC)CC)[C@@]4(C)C2O1)C3(C)C.C=CC1O[C@@H]2C3=C(C)[C@@H](O)C[C@@](O)([C@@H](OC(=O)c4ccccc4)[C@@H]4[C@]5(OC(=O)CC)CO[C@@H]5C[C@H](O)[C@@]4(C)[C@@H]2O1)C3(C)C. The molecule has 18 rings (SSSR count). The normalized spacial score (nSPS) is 41.2. The molecule has 3 aromatic rings. The van der Waals surface area contributed by atoms with Crippen LogP contribution < -0.4 is 0 Å². The lowest BCUT2D eigenvalue weighted by Gasteiger charge is -2.70. The molecule has 3 aromatic carbocycles. The Bertz CT molecular complexity index is 5410. The summed E-state index contributed by atoms with van der Waals surface area (Å²) in [5, 5.41) is 75.5. The van der Waals surface area contributed by atoms with Crippen molar-refractivity contribution in [2.75, 3.05) is 19.8 Å². The van der Waals surface area contributed by atoms with Gasteiger partial charge in [-0.25, -0.2) is 14.4 Å². The first kappa shape index (κ1) is 111. The van der Waals surface area contributed by atoms with Gasteiger partial charge in [-0.15, -0.1) is 0 Å². The summed E-state index contributed by atoms with van der Waals surface area (Å²) in [6, 6.07) is 32.2. The lowest BCUT2D eigenvalue weighted by Crippen LogP contribution is -2.82. The van der Waals surface area contributed by atoms with Gasteiger partial charge in [0.2, 0.25) is 0 Å². The van der Waals surface area contributed by atoms with Gasteiger partial charge >= 0.3 is 35.8 Å². The average Bonchev–Trinajstić information content (AvgIpc) is 1.66. The molecular formula is C112H158O30Si3. The van der Waals surface area contributed by atoms with Crippen molar-refractivity contribution in [2.24, 2.45) is 50.2 Å². The minimum atomic E-state index is -2.33. The maximum atomic E-state index is 14.4. The minimum Gasteiger partial charge on any atom is -0.455 e. The average molecular weight is 2070 g/mol. The molecule has 6 aliphatic heterocycles. The number of rotatable bonds is 27. The number of benzene rings is 3. The van der Waals surface area contributed by atoms with E-state index in [1.54, 1.807) is 112 Å². The van der Waals surface area contributed by atoms with Crippen molar-refractivity contribution in [1.82, 2.24) is 0 Å². The zero-order chi connectivity index (χ0) is 105. The highest BCUT2D eigenvalue weighted by molar-refractivity contribution is 6.74.